The molecule has 11 nitrogen and oxygen atoms in total. The molecule has 11 heteroatoms. The van der Waals surface area contributed by atoms with E-state index in [0.29, 0.717) is 6.42 Å². The zero-order valence-corrected chi connectivity index (χ0v) is 18.2. The van der Waals surface area contributed by atoms with Gasteiger partial charge in [-0.05, 0) is 25.2 Å². The molecule has 0 saturated carbocycles. The van der Waals surface area contributed by atoms with Crippen LogP contribution in [-0.2, 0) is 24.0 Å². The number of carboxylic acid groups (broad SMARTS) is 1. The smallest absolute Gasteiger partial charge is 0.326 e. The van der Waals surface area contributed by atoms with Gasteiger partial charge in [-0.2, -0.15) is 0 Å². The van der Waals surface area contributed by atoms with Crippen LogP contribution in [0, 0.1) is 11.8 Å². The van der Waals surface area contributed by atoms with Gasteiger partial charge in [-0.15, -0.1) is 0 Å². The number of nitrogens with two attached hydrogens (primary N) is 2. The van der Waals surface area contributed by atoms with E-state index in [0.717, 1.165) is 0 Å². The summed E-state index contributed by atoms with van der Waals surface area (Å²) in [6.45, 7) is 8.36. The van der Waals surface area contributed by atoms with Gasteiger partial charge in [0.1, 0.15) is 18.1 Å². The van der Waals surface area contributed by atoms with Gasteiger partial charge in [-0.3, -0.25) is 19.2 Å². The van der Waals surface area contributed by atoms with Gasteiger partial charge in [0.25, 0.3) is 0 Å². The highest BCUT2D eigenvalue weighted by molar-refractivity contribution is 5.94. The molecule has 0 radical (unpaired) electrons. The molecule has 0 saturated heterocycles. The Labute approximate surface area is 176 Å². The average molecular weight is 430 g/mol. The third kappa shape index (κ3) is 9.21. The Kier molecular flexibility index (Phi) is 11.6. The maximum absolute atomic E-state index is 12.5. The molecule has 0 rings (SSSR count). The van der Waals surface area contributed by atoms with Crippen molar-refractivity contribution in [1.82, 2.24) is 16.0 Å². The first-order chi connectivity index (χ1) is 13.8. The lowest BCUT2D eigenvalue weighted by atomic mass is 9.99. The molecular formula is C19H35N5O6. The van der Waals surface area contributed by atoms with Crippen molar-refractivity contribution in [3.05, 3.63) is 0 Å². The van der Waals surface area contributed by atoms with E-state index in [2.05, 4.69) is 16.0 Å². The molecule has 5 atom stereocenters. The molecule has 0 aliphatic rings. The number of aliphatic carboxylic acids is 1. The second kappa shape index (κ2) is 12.8. The van der Waals surface area contributed by atoms with Crippen molar-refractivity contribution in [2.75, 3.05) is 0 Å². The molecule has 0 aliphatic heterocycles. The number of hydrogen-bond acceptors (Lipinski definition) is 6. The molecule has 8 N–H and O–H groups in total. The molecule has 30 heavy (non-hydrogen) atoms. The van der Waals surface area contributed by atoms with Crippen LogP contribution < -0.4 is 27.4 Å². The van der Waals surface area contributed by atoms with Crippen LogP contribution in [0.3, 0.4) is 0 Å². The third-order valence-corrected chi connectivity index (χ3v) is 4.85. The lowest BCUT2D eigenvalue weighted by molar-refractivity contribution is -0.143. The molecule has 0 aromatic carbocycles. The summed E-state index contributed by atoms with van der Waals surface area (Å²) in [7, 11) is 0. The zero-order chi connectivity index (χ0) is 23.6. The molecule has 0 fully saturated rings. The molecule has 0 heterocycles. The van der Waals surface area contributed by atoms with Gasteiger partial charge in [-0.25, -0.2) is 4.79 Å². The van der Waals surface area contributed by atoms with Crippen LogP contribution in [0.25, 0.3) is 0 Å². The summed E-state index contributed by atoms with van der Waals surface area (Å²) in [6, 6.07) is -4.16. The largest absolute Gasteiger partial charge is 0.480 e. The van der Waals surface area contributed by atoms with Crippen molar-refractivity contribution >= 4 is 29.6 Å². The Bertz CT molecular complexity index is 639. The lowest BCUT2D eigenvalue weighted by Crippen LogP contribution is -2.57. The van der Waals surface area contributed by atoms with E-state index in [1.165, 1.54) is 6.92 Å². The molecule has 5 unspecified atom stereocenters. The molecular weight excluding hydrogens is 394 g/mol. The van der Waals surface area contributed by atoms with E-state index >= 15 is 0 Å². The van der Waals surface area contributed by atoms with Crippen LogP contribution in [0.1, 0.15) is 53.9 Å². The minimum absolute atomic E-state index is 0.0849. The Hall–Kier alpha value is -2.69. The van der Waals surface area contributed by atoms with Crippen molar-refractivity contribution in [1.29, 1.82) is 0 Å². The normalized spacial score (nSPS) is 16.0. The van der Waals surface area contributed by atoms with E-state index in [1.807, 2.05) is 13.8 Å². The summed E-state index contributed by atoms with van der Waals surface area (Å²) in [5.74, 6) is -4.34. The molecule has 172 valence electrons. The van der Waals surface area contributed by atoms with Crippen molar-refractivity contribution in [2.45, 2.75) is 78.0 Å². The minimum atomic E-state index is -1.22. The van der Waals surface area contributed by atoms with Crippen LogP contribution in [0.15, 0.2) is 0 Å². The summed E-state index contributed by atoms with van der Waals surface area (Å²) in [5.41, 5.74) is 11.0. The van der Waals surface area contributed by atoms with Crippen LogP contribution >= 0.6 is 0 Å². The first-order valence-electron chi connectivity index (χ1n) is 9.99. The summed E-state index contributed by atoms with van der Waals surface area (Å²) < 4.78 is 0. The molecule has 4 amide bonds. The summed E-state index contributed by atoms with van der Waals surface area (Å²) >= 11 is 0. The topological polar surface area (TPSA) is 194 Å². The van der Waals surface area contributed by atoms with E-state index < -0.39 is 59.7 Å². The van der Waals surface area contributed by atoms with Gasteiger partial charge in [-0.1, -0.05) is 34.1 Å². The standard InChI is InChI=1S/C19H35N5O6/c1-6-10(4)14(21)18(28)22-11(5)16(26)23-12(7-8-13(20)25)17(27)24-15(9(2)3)19(29)30/h9-12,14-15H,6-8,21H2,1-5H3,(H2,20,25)(H,22,28)(H,23,26)(H,24,27)(H,29,30). The molecule has 0 spiro atoms. The summed E-state index contributed by atoms with van der Waals surface area (Å²) in [4.78, 5) is 59.6. The fraction of sp³-hybridized carbons (Fsp3) is 0.737. The highest BCUT2D eigenvalue weighted by Crippen LogP contribution is 2.07. The van der Waals surface area contributed by atoms with E-state index in [1.54, 1.807) is 13.8 Å². The highest BCUT2D eigenvalue weighted by atomic mass is 16.4. The monoisotopic (exact) mass is 429 g/mol. The Balaban J connectivity index is 5.19. The number of carbonyl (C=O) groups is 5. The Morgan fingerprint density at radius 3 is 1.90 bits per heavy atom. The van der Waals surface area contributed by atoms with Crippen LogP contribution in [0.2, 0.25) is 0 Å². The fourth-order valence-electron chi connectivity index (χ4n) is 2.51. The average Bonchev–Trinajstić information content (AvgIpc) is 2.66. The third-order valence-electron chi connectivity index (χ3n) is 4.85. The molecule has 0 aromatic heterocycles. The number of amides is 4. The van der Waals surface area contributed by atoms with E-state index in [9.17, 15) is 29.1 Å². The predicted molar refractivity (Wildman–Crippen MR) is 110 cm³/mol. The van der Waals surface area contributed by atoms with Gasteiger partial charge in [0.05, 0.1) is 6.04 Å². The molecule has 0 aromatic rings. The number of carboxylic acids is 1. The van der Waals surface area contributed by atoms with Crippen molar-refractivity contribution < 1.29 is 29.1 Å². The predicted octanol–water partition coefficient (Wildman–Crippen LogP) is -1.16. The fourth-order valence-corrected chi connectivity index (χ4v) is 2.51. The van der Waals surface area contributed by atoms with Crippen LogP contribution in [0.4, 0.5) is 0 Å². The first kappa shape index (κ1) is 27.3. The number of rotatable bonds is 13. The maximum Gasteiger partial charge on any atom is 0.326 e. The quantitative estimate of drug-likeness (QED) is 0.212. The number of carbonyl (C=O) groups excluding carboxylic acids is 4. The van der Waals surface area contributed by atoms with Gasteiger partial charge in [0, 0.05) is 6.42 Å². The number of nitrogens with one attached hydrogen (secondary N) is 3. The van der Waals surface area contributed by atoms with Crippen LogP contribution in [0.5, 0.6) is 0 Å². The number of hydrogen-bond donors (Lipinski definition) is 6. The molecule has 0 bridgehead atoms. The van der Waals surface area contributed by atoms with E-state index in [-0.39, 0.29) is 18.8 Å². The van der Waals surface area contributed by atoms with Crippen molar-refractivity contribution in [3.8, 4) is 0 Å². The summed E-state index contributed by atoms with van der Waals surface area (Å²) in [5, 5.41) is 16.5. The van der Waals surface area contributed by atoms with Gasteiger partial charge in [0.2, 0.25) is 23.6 Å². The number of primary amides is 1. The zero-order valence-electron chi connectivity index (χ0n) is 18.2. The SMILES string of the molecule is CCC(C)C(N)C(=O)NC(C)C(=O)NC(CCC(N)=O)C(=O)NC(C(=O)O)C(C)C. The van der Waals surface area contributed by atoms with Crippen molar-refractivity contribution in [2.24, 2.45) is 23.3 Å². The lowest BCUT2D eigenvalue weighted by Gasteiger charge is -2.25. The van der Waals surface area contributed by atoms with Crippen molar-refractivity contribution in [3.63, 3.8) is 0 Å². The Morgan fingerprint density at radius 1 is 0.900 bits per heavy atom. The van der Waals surface area contributed by atoms with E-state index in [4.69, 9.17) is 11.5 Å². The summed E-state index contributed by atoms with van der Waals surface area (Å²) in [6.07, 6.45) is 0.368. The van der Waals surface area contributed by atoms with Gasteiger partial charge in [0.15, 0.2) is 0 Å². The van der Waals surface area contributed by atoms with Gasteiger partial charge >= 0.3 is 5.97 Å². The minimum Gasteiger partial charge on any atom is -0.480 e. The molecule has 0 aliphatic carbocycles. The van der Waals surface area contributed by atoms with Gasteiger partial charge < -0.3 is 32.5 Å². The second-order valence-electron chi connectivity index (χ2n) is 7.78. The first-order valence-corrected chi connectivity index (χ1v) is 9.99. The maximum atomic E-state index is 12.5. The van der Waals surface area contributed by atoms with Crippen LogP contribution in [-0.4, -0.2) is 58.9 Å². The Morgan fingerprint density at radius 2 is 1.47 bits per heavy atom. The second-order valence-corrected chi connectivity index (χ2v) is 7.78. The highest BCUT2D eigenvalue weighted by Gasteiger charge is 2.30.